The Hall–Kier alpha value is -1.28. The summed E-state index contributed by atoms with van der Waals surface area (Å²) in [5, 5.41) is 0. The molecule has 0 unspecified atom stereocenters. The van der Waals surface area contributed by atoms with Gasteiger partial charge in [0.05, 0.1) is 0 Å². The number of nitrogens with zero attached hydrogens (tertiary/aromatic N) is 3. The summed E-state index contributed by atoms with van der Waals surface area (Å²) in [5.74, 6) is 0. The van der Waals surface area contributed by atoms with E-state index in [4.69, 9.17) is 0 Å². The minimum atomic E-state index is -3.69. The fourth-order valence-corrected chi connectivity index (χ4v) is 4.35. The van der Waals surface area contributed by atoms with Gasteiger partial charge in [0.1, 0.15) is 0 Å². The molecule has 0 saturated heterocycles. The molecule has 1 N–H and O–H groups in total. The predicted molar refractivity (Wildman–Crippen MR) is 79.2 cm³/mol. The third-order valence-electron chi connectivity index (χ3n) is 2.52. The van der Waals surface area contributed by atoms with Gasteiger partial charge in [0, 0.05) is 0 Å². The molecular formula is C11H7BrN4O2SSe. The summed E-state index contributed by atoms with van der Waals surface area (Å²) in [6.45, 7) is 0. The first-order chi connectivity index (χ1) is 9.56. The third-order valence-corrected chi connectivity index (χ3v) is 5.42. The van der Waals surface area contributed by atoms with Gasteiger partial charge in [-0.15, -0.1) is 0 Å². The number of halogens is 1. The summed E-state index contributed by atoms with van der Waals surface area (Å²) in [7, 11) is -3.69. The summed E-state index contributed by atoms with van der Waals surface area (Å²) in [4.78, 5) is 3.95. The number of sulfonamides is 1. The molecular weight excluding hydrogens is 411 g/mol. The normalized spacial score (nSPS) is 11.7. The summed E-state index contributed by atoms with van der Waals surface area (Å²) >= 11 is 3.00. The Morgan fingerprint density at radius 2 is 2.05 bits per heavy atom. The molecule has 2 aromatic heterocycles. The van der Waals surface area contributed by atoms with E-state index < -0.39 is 10.0 Å². The average Bonchev–Trinajstić information content (AvgIpc) is 2.88. The van der Waals surface area contributed by atoms with Crippen molar-refractivity contribution in [3.63, 3.8) is 0 Å². The molecule has 102 valence electrons. The van der Waals surface area contributed by atoms with Gasteiger partial charge >= 0.3 is 130 Å². The van der Waals surface area contributed by atoms with Crippen LogP contribution >= 0.6 is 15.9 Å². The zero-order valence-corrected chi connectivity index (χ0v) is 13.9. The van der Waals surface area contributed by atoms with Gasteiger partial charge < -0.3 is 0 Å². The van der Waals surface area contributed by atoms with Crippen molar-refractivity contribution < 1.29 is 8.42 Å². The van der Waals surface area contributed by atoms with Gasteiger partial charge in [0.15, 0.2) is 0 Å². The first kappa shape index (κ1) is 13.7. The van der Waals surface area contributed by atoms with Crippen molar-refractivity contribution in [1.29, 1.82) is 0 Å². The van der Waals surface area contributed by atoms with E-state index in [1.165, 1.54) is 18.5 Å². The van der Waals surface area contributed by atoms with Gasteiger partial charge in [-0.05, 0) is 0 Å². The van der Waals surface area contributed by atoms with E-state index in [1.54, 1.807) is 12.1 Å². The summed E-state index contributed by atoms with van der Waals surface area (Å²) in [5.41, 5.74) is 1.75. The Kier molecular flexibility index (Phi) is 3.59. The van der Waals surface area contributed by atoms with Crippen LogP contribution < -0.4 is 4.72 Å². The van der Waals surface area contributed by atoms with Crippen LogP contribution in [-0.2, 0) is 10.0 Å². The van der Waals surface area contributed by atoms with E-state index in [9.17, 15) is 8.42 Å². The van der Waals surface area contributed by atoms with Crippen LogP contribution in [0.2, 0.25) is 0 Å². The Balaban J connectivity index is 2.04. The molecule has 0 amide bonds. The predicted octanol–water partition coefficient (Wildman–Crippen LogP) is 1.65. The van der Waals surface area contributed by atoms with Crippen LogP contribution in [0, 0.1) is 0 Å². The van der Waals surface area contributed by atoms with E-state index >= 15 is 0 Å². The van der Waals surface area contributed by atoms with Crippen molar-refractivity contribution >= 4 is 57.6 Å². The number of hydrogen-bond acceptors (Lipinski definition) is 5. The molecule has 0 aliphatic heterocycles. The van der Waals surface area contributed by atoms with Crippen LogP contribution in [0.1, 0.15) is 0 Å². The molecule has 0 fully saturated rings. The van der Waals surface area contributed by atoms with Crippen molar-refractivity contribution in [3.05, 3.63) is 41.1 Å². The molecule has 20 heavy (non-hydrogen) atoms. The van der Waals surface area contributed by atoms with Gasteiger partial charge in [-0.2, -0.15) is 0 Å². The van der Waals surface area contributed by atoms with Crippen molar-refractivity contribution in [3.8, 4) is 0 Å². The van der Waals surface area contributed by atoms with Crippen molar-refractivity contribution in [2.24, 2.45) is 0 Å². The second-order valence-electron chi connectivity index (χ2n) is 3.88. The van der Waals surface area contributed by atoms with Crippen LogP contribution in [0.25, 0.3) is 11.0 Å². The van der Waals surface area contributed by atoms with Gasteiger partial charge in [-0.1, -0.05) is 0 Å². The Bertz CT molecular complexity index is 881. The number of nitrogens with one attached hydrogen (secondary N) is 1. The monoisotopic (exact) mass is 418 g/mol. The molecule has 0 spiro atoms. The molecule has 3 aromatic rings. The molecule has 0 radical (unpaired) electrons. The first-order valence-electron chi connectivity index (χ1n) is 5.41. The van der Waals surface area contributed by atoms with Gasteiger partial charge in [-0.25, -0.2) is 0 Å². The first-order valence-corrected chi connectivity index (χ1v) is 9.22. The van der Waals surface area contributed by atoms with Crippen molar-refractivity contribution in [1.82, 2.24) is 12.9 Å². The van der Waals surface area contributed by atoms with E-state index in [0.29, 0.717) is 15.7 Å². The zero-order valence-electron chi connectivity index (χ0n) is 9.82. The van der Waals surface area contributed by atoms with Crippen molar-refractivity contribution in [2.75, 3.05) is 4.72 Å². The fourth-order valence-electron chi connectivity index (χ4n) is 1.63. The van der Waals surface area contributed by atoms with Crippen molar-refractivity contribution in [2.45, 2.75) is 4.90 Å². The fraction of sp³-hybridized carbons (Fsp3) is 0. The summed E-state index contributed by atoms with van der Waals surface area (Å²) < 4.78 is 36.2. The molecule has 0 bridgehead atoms. The van der Waals surface area contributed by atoms with Crippen LogP contribution in [0.5, 0.6) is 0 Å². The quantitative estimate of drug-likeness (QED) is 0.654. The maximum absolute atomic E-state index is 12.3. The number of anilines is 1. The second kappa shape index (κ2) is 5.25. The molecule has 9 heteroatoms. The van der Waals surface area contributed by atoms with Crippen LogP contribution in [0.3, 0.4) is 0 Å². The molecule has 0 aliphatic rings. The Morgan fingerprint density at radius 1 is 1.20 bits per heavy atom. The van der Waals surface area contributed by atoms with E-state index in [2.05, 4.69) is 33.6 Å². The molecule has 0 saturated carbocycles. The molecule has 0 aliphatic carbocycles. The number of pyridine rings is 1. The molecule has 0 atom stereocenters. The van der Waals surface area contributed by atoms with E-state index in [-0.39, 0.29) is 19.9 Å². The van der Waals surface area contributed by atoms with Gasteiger partial charge in [0.25, 0.3) is 0 Å². The van der Waals surface area contributed by atoms with E-state index in [0.717, 1.165) is 5.52 Å². The number of hydrogen-bond donors (Lipinski definition) is 1. The molecule has 3 rings (SSSR count). The molecule has 1 aromatic carbocycles. The number of benzene rings is 1. The molecule has 6 nitrogen and oxygen atoms in total. The Morgan fingerprint density at radius 3 is 2.85 bits per heavy atom. The maximum atomic E-state index is 12.3. The topological polar surface area (TPSA) is 84.8 Å². The van der Waals surface area contributed by atoms with Crippen LogP contribution in [0.15, 0.2) is 46.0 Å². The Labute approximate surface area is 129 Å². The van der Waals surface area contributed by atoms with Crippen LogP contribution in [0.4, 0.5) is 5.69 Å². The van der Waals surface area contributed by atoms with Gasteiger partial charge in [0.2, 0.25) is 0 Å². The van der Waals surface area contributed by atoms with Gasteiger partial charge in [-0.3, -0.25) is 0 Å². The number of aromatic nitrogens is 3. The average molecular weight is 418 g/mol. The van der Waals surface area contributed by atoms with E-state index in [1.807, 2.05) is 6.07 Å². The standard InChI is InChI=1S/C11H7BrN4O2SSe/c12-7-4-8(6-13-5-7)19(17,18)14-9-2-1-3-10-11(9)16-20-15-10/h1-6,14H. The summed E-state index contributed by atoms with van der Waals surface area (Å²) in [6, 6.07) is 6.72. The second-order valence-corrected chi connectivity index (χ2v) is 7.59. The third kappa shape index (κ3) is 2.62. The number of rotatable bonds is 3. The SMILES string of the molecule is O=S(=O)(Nc1cccc2n[se]nc12)c1cncc(Br)c1. The zero-order chi connectivity index (χ0) is 14.2. The minimum absolute atomic E-state index is 0.0879. The molecule has 2 heterocycles. The summed E-state index contributed by atoms with van der Waals surface area (Å²) in [6.07, 6.45) is 2.82. The number of fused-ring (bicyclic) bond motifs is 1. The van der Waals surface area contributed by atoms with Crippen LogP contribution in [-0.4, -0.2) is 36.3 Å².